The van der Waals surface area contributed by atoms with Crippen LogP contribution in [0.3, 0.4) is 0 Å². The SMILES string of the molecule is CSC(C)(C)CNC(C)CC1COCCN1. The lowest BCUT2D eigenvalue weighted by molar-refractivity contribution is 0.0712. The van der Waals surface area contributed by atoms with Crippen molar-refractivity contribution in [2.24, 2.45) is 0 Å². The van der Waals surface area contributed by atoms with Gasteiger partial charge in [-0.25, -0.2) is 0 Å². The van der Waals surface area contributed by atoms with E-state index in [4.69, 9.17) is 4.74 Å². The second-order valence-electron chi connectivity index (χ2n) is 5.21. The zero-order valence-corrected chi connectivity index (χ0v) is 11.8. The van der Waals surface area contributed by atoms with E-state index in [0.717, 1.165) is 32.7 Å². The van der Waals surface area contributed by atoms with Crippen molar-refractivity contribution in [2.75, 3.05) is 32.6 Å². The summed E-state index contributed by atoms with van der Waals surface area (Å²) in [6, 6.07) is 1.07. The Balaban J connectivity index is 2.17. The molecule has 0 aromatic heterocycles. The summed E-state index contributed by atoms with van der Waals surface area (Å²) in [6.07, 6.45) is 3.31. The van der Waals surface area contributed by atoms with Crippen LogP contribution in [0.25, 0.3) is 0 Å². The van der Waals surface area contributed by atoms with Crippen LogP contribution in [-0.2, 0) is 4.74 Å². The molecular weight excluding hydrogens is 220 g/mol. The lowest BCUT2D eigenvalue weighted by Crippen LogP contribution is -2.46. The molecule has 1 fully saturated rings. The predicted molar refractivity (Wildman–Crippen MR) is 72.3 cm³/mol. The number of ether oxygens (including phenoxy) is 1. The fourth-order valence-corrected chi connectivity index (χ4v) is 2.00. The van der Waals surface area contributed by atoms with E-state index in [1.54, 1.807) is 0 Å². The van der Waals surface area contributed by atoms with Gasteiger partial charge < -0.3 is 15.4 Å². The van der Waals surface area contributed by atoms with Crippen LogP contribution in [-0.4, -0.2) is 49.4 Å². The summed E-state index contributed by atoms with van der Waals surface area (Å²) in [5.41, 5.74) is 0. The minimum Gasteiger partial charge on any atom is -0.379 e. The topological polar surface area (TPSA) is 33.3 Å². The largest absolute Gasteiger partial charge is 0.379 e. The van der Waals surface area contributed by atoms with E-state index in [1.807, 2.05) is 11.8 Å². The summed E-state index contributed by atoms with van der Waals surface area (Å²) >= 11 is 1.91. The molecule has 0 aromatic rings. The molecule has 3 nitrogen and oxygen atoms in total. The van der Waals surface area contributed by atoms with Gasteiger partial charge in [-0.1, -0.05) is 0 Å². The van der Waals surface area contributed by atoms with Crippen LogP contribution in [0.15, 0.2) is 0 Å². The van der Waals surface area contributed by atoms with Gasteiger partial charge in [-0.3, -0.25) is 0 Å². The Morgan fingerprint density at radius 1 is 1.56 bits per heavy atom. The Kier molecular flexibility index (Phi) is 6.11. The summed E-state index contributed by atoms with van der Waals surface area (Å²) in [4.78, 5) is 0. The second kappa shape index (κ2) is 6.84. The molecule has 2 N–H and O–H groups in total. The van der Waals surface area contributed by atoms with Crippen LogP contribution in [0.1, 0.15) is 27.2 Å². The molecular formula is C12H26N2OS. The standard InChI is InChI=1S/C12H26N2OS/c1-10(14-9-12(2,3)16-4)7-11-8-15-6-5-13-11/h10-11,13-14H,5-9H2,1-4H3. The third kappa shape index (κ3) is 5.53. The molecule has 96 valence electrons. The minimum absolute atomic E-state index is 0.324. The van der Waals surface area contributed by atoms with Crippen molar-refractivity contribution in [3.05, 3.63) is 0 Å². The molecule has 4 heteroatoms. The predicted octanol–water partition coefficient (Wildman–Crippen LogP) is 1.48. The van der Waals surface area contributed by atoms with E-state index in [9.17, 15) is 0 Å². The van der Waals surface area contributed by atoms with Crippen molar-refractivity contribution in [3.63, 3.8) is 0 Å². The molecule has 0 aromatic carbocycles. The van der Waals surface area contributed by atoms with Crippen LogP contribution in [0, 0.1) is 0 Å². The average molecular weight is 246 g/mol. The van der Waals surface area contributed by atoms with Crippen molar-refractivity contribution < 1.29 is 4.74 Å². The molecule has 1 rings (SSSR count). The van der Waals surface area contributed by atoms with Gasteiger partial charge in [0.15, 0.2) is 0 Å². The Hall–Kier alpha value is 0.230. The van der Waals surface area contributed by atoms with Gasteiger partial charge in [0.1, 0.15) is 0 Å². The smallest absolute Gasteiger partial charge is 0.0620 e. The van der Waals surface area contributed by atoms with E-state index in [0.29, 0.717) is 16.8 Å². The first-order chi connectivity index (χ1) is 7.53. The van der Waals surface area contributed by atoms with E-state index >= 15 is 0 Å². The highest BCUT2D eigenvalue weighted by Gasteiger charge is 2.19. The molecule has 1 heterocycles. The number of hydrogen-bond acceptors (Lipinski definition) is 4. The zero-order valence-electron chi connectivity index (χ0n) is 11.0. The van der Waals surface area contributed by atoms with Crippen LogP contribution >= 0.6 is 11.8 Å². The summed E-state index contributed by atoms with van der Waals surface area (Å²) < 4.78 is 5.78. The monoisotopic (exact) mass is 246 g/mol. The Morgan fingerprint density at radius 2 is 2.31 bits per heavy atom. The Bertz CT molecular complexity index is 193. The van der Waals surface area contributed by atoms with Crippen molar-refractivity contribution in [2.45, 2.75) is 44.0 Å². The Morgan fingerprint density at radius 3 is 2.88 bits per heavy atom. The molecule has 0 amide bonds. The third-order valence-electron chi connectivity index (χ3n) is 3.07. The molecule has 1 saturated heterocycles. The van der Waals surface area contributed by atoms with Crippen molar-refractivity contribution in [1.29, 1.82) is 0 Å². The van der Waals surface area contributed by atoms with Crippen molar-refractivity contribution >= 4 is 11.8 Å². The maximum atomic E-state index is 5.46. The quantitative estimate of drug-likeness (QED) is 0.744. The minimum atomic E-state index is 0.324. The highest BCUT2D eigenvalue weighted by molar-refractivity contribution is 7.99. The van der Waals surface area contributed by atoms with Crippen LogP contribution in [0.4, 0.5) is 0 Å². The number of nitrogens with one attached hydrogen (secondary N) is 2. The molecule has 0 radical (unpaired) electrons. The molecule has 1 aliphatic heterocycles. The molecule has 0 spiro atoms. The van der Waals surface area contributed by atoms with Gasteiger partial charge >= 0.3 is 0 Å². The van der Waals surface area contributed by atoms with E-state index in [2.05, 4.69) is 37.7 Å². The van der Waals surface area contributed by atoms with Gasteiger partial charge in [0, 0.05) is 29.9 Å². The fourth-order valence-electron chi connectivity index (χ4n) is 1.77. The number of thioether (sulfide) groups is 1. The lowest BCUT2D eigenvalue weighted by atomic mass is 10.1. The molecule has 16 heavy (non-hydrogen) atoms. The third-order valence-corrected chi connectivity index (χ3v) is 4.31. The molecule has 2 atom stereocenters. The highest BCUT2D eigenvalue weighted by atomic mass is 32.2. The summed E-state index contributed by atoms with van der Waals surface area (Å²) in [6.45, 7) is 10.6. The summed E-state index contributed by atoms with van der Waals surface area (Å²) in [7, 11) is 0. The van der Waals surface area contributed by atoms with Gasteiger partial charge in [0.25, 0.3) is 0 Å². The summed E-state index contributed by atoms with van der Waals surface area (Å²) in [5, 5.41) is 7.10. The fraction of sp³-hybridized carbons (Fsp3) is 1.00. The number of hydrogen-bond donors (Lipinski definition) is 2. The number of rotatable bonds is 6. The van der Waals surface area contributed by atoms with Crippen molar-refractivity contribution in [1.82, 2.24) is 10.6 Å². The molecule has 2 unspecified atom stereocenters. The van der Waals surface area contributed by atoms with E-state index in [1.165, 1.54) is 0 Å². The van der Waals surface area contributed by atoms with Gasteiger partial charge in [-0.05, 0) is 33.4 Å². The van der Waals surface area contributed by atoms with Gasteiger partial charge in [-0.15, -0.1) is 0 Å². The van der Waals surface area contributed by atoms with Crippen LogP contribution < -0.4 is 10.6 Å². The van der Waals surface area contributed by atoms with Gasteiger partial charge in [0.05, 0.1) is 13.2 Å². The maximum Gasteiger partial charge on any atom is 0.0620 e. The molecule has 0 aliphatic carbocycles. The van der Waals surface area contributed by atoms with Crippen LogP contribution in [0.5, 0.6) is 0 Å². The van der Waals surface area contributed by atoms with Gasteiger partial charge in [-0.2, -0.15) is 11.8 Å². The number of morpholine rings is 1. The molecule has 0 saturated carbocycles. The van der Waals surface area contributed by atoms with E-state index < -0.39 is 0 Å². The zero-order chi connectivity index (χ0) is 12.0. The van der Waals surface area contributed by atoms with E-state index in [-0.39, 0.29) is 0 Å². The average Bonchev–Trinajstić information content (AvgIpc) is 2.28. The first-order valence-corrected chi connectivity index (χ1v) is 7.35. The highest BCUT2D eigenvalue weighted by Crippen LogP contribution is 2.20. The first-order valence-electron chi connectivity index (χ1n) is 6.13. The normalized spacial score (nSPS) is 24.4. The van der Waals surface area contributed by atoms with Crippen LogP contribution in [0.2, 0.25) is 0 Å². The van der Waals surface area contributed by atoms with Gasteiger partial charge in [0.2, 0.25) is 0 Å². The summed E-state index contributed by atoms with van der Waals surface area (Å²) in [5.74, 6) is 0. The lowest BCUT2D eigenvalue weighted by Gasteiger charge is -2.29. The first kappa shape index (κ1) is 14.3. The second-order valence-corrected chi connectivity index (χ2v) is 6.72. The maximum absolute atomic E-state index is 5.46. The molecule has 0 bridgehead atoms. The Labute approximate surface area is 104 Å². The van der Waals surface area contributed by atoms with Crippen molar-refractivity contribution in [3.8, 4) is 0 Å². The molecule has 1 aliphatic rings.